The van der Waals surface area contributed by atoms with Gasteiger partial charge in [-0.05, 0) is 19.1 Å². The van der Waals surface area contributed by atoms with Crippen LogP contribution in [0, 0.1) is 0 Å². The van der Waals surface area contributed by atoms with Gasteiger partial charge < -0.3 is 10.0 Å². The summed E-state index contributed by atoms with van der Waals surface area (Å²) in [7, 11) is 0. The van der Waals surface area contributed by atoms with Crippen LogP contribution in [-0.4, -0.2) is 44.5 Å². The number of rotatable bonds is 5. The molecule has 0 spiro atoms. The number of carboxylic acids is 1. The van der Waals surface area contributed by atoms with Gasteiger partial charge in [-0.15, -0.1) is 0 Å². The third kappa shape index (κ3) is 3.25. The first-order chi connectivity index (χ1) is 10.0. The van der Waals surface area contributed by atoms with Crippen molar-refractivity contribution >= 4 is 22.8 Å². The number of nitrogens with zero attached hydrogens (tertiary/aromatic N) is 3. The number of hydrogen-bond acceptors (Lipinski definition) is 4. The van der Waals surface area contributed by atoms with Gasteiger partial charge >= 0.3 is 5.97 Å². The monoisotopic (exact) mass is 289 g/mol. The van der Waals surface area contributed by atoms with Crippen LogP contribution in [0.1, 0.15) is 6.92 Å². The molecule has 0 saturated carbocycles. The fourth-order valence-electron chi connectivity index (χ4n) is 2.00. The molecule has 1 N–H and O–H groups in total. The predicted octanol–water partition coefficient (Wildman–Crippen LogP) is 0.330. The molecule has 0 aliphatic rings. The Hall–Kier alpha value is -2.70. The van der Waals surface area contributed by atoms with E-state index in [0.29, 0.717) is 10.9 Å². The number of hydrogen-bond donors (Lipinski definition) is 1. The van der Waals surface area contributed by atoms with Crippen LogP contribution in [0.15, 0.2) is 35.4 Å². The SMILES string of the molecule is CCN(CC(=O)O)C(=O)Cn1cnc2ccccc2c1=O. The fraction of sp³-hybridized carbons (Fsp3) is 0.286. The number of aliphatic carboxylic acids is 1. The van der Waals surface area contributed by atoms with E-state index in [1.807, 2.05) is 0 Å². The van der Waals surface area contributed by atoms with Gasteiger partial charge in [0.15, 0.2) is 0 Å². The number of benzene rings is 1. The Morgan fingerprint density at radius 2 is 2.05 bits per heavy atom. The van der Waals surface area contributed by atoms with Gasteiger partial charge in [-0.3, -0.25) is 19.0 Å². The number of carbonyl (C=O) groups excluding carboxylic acids is 1. The largest absolute Gasteiger partial charge is 0.480 e. The zero-order chi connectivity index (χ0) is 15.4. The van der Waals surface area contributed by atoms with Crippen molar-refractivity contribution in [3.63, 3.8) is 0 Å². The second kappa shape index (κ2) is 6.17. The van der Waals surface area contributed by atoms with Crippen molar-refractivity contribution in [1.82, 2.24) is 14.5 Å². The number of fused-ring (bicyclic) bond motifs is 1. The van der Waals surface area contributed by atoms with Gasteiger partial charge in [0.1, 0.15) is 13.1 Å². The Morgan fingerprint density at radius 3 is 2.71 bits per heavy atom. The molecule has 7 nitrogen and oxygen atoms in total. The minimum atomic E-state index is -1.09. The number of likely N-dealkylation sites (N-methyl/N-ethyl adjacent to an activating group) is 1. The highest BCUT2D eigenvalue weighted by Gasteiger charge is 2.16. The van der Waals surface area contributed by atoms with E-state index in [9.17, 15) is 14.4 Å². The summed E-state index contributed by atoms with van der Waals surface area (Å²) >= 11 is 0. The van der Waals surface area contributed by atoms with Gasteiger partial charge in [0.05, 0.1) is 17.2 Å². The lowest BCUT2D eigenvalue weighted by atomic mass is 10.2. The molecular weight excluding hydrogens is 274 g/mol. The third-order valence-corrected chi connectivity index (χ3v) is 3.10. The van der Waals surface area contributed by atoms with Gasteiger partial charge in [-0.2, -0.15) is 0 Å². The molecule has 0 saturated heterocycles. The van der Waals surface area contributed by atoms with Crippen molar-refractivity contribution in [2.75, 3.05) is 13.1 Å². The van der Waals surface area contributed by atoms with Crippen LogP contribution in [0.4, 0.5) is 0 Å². The van der Waals surface area contributed by atoms with Crippen molar-refractivity contribution < 1.29 is 14.7 Å². The van der Waals surface area contributed by atoms with Crippen molar-refractivity contribution in [3.05, 3.63) is 40.9 Å². The Balaban J connectivity index is 2.27. The molecule has 0 aliphatic carbocycles. The van der Waals surface area contributed by atoms with Crippen LogP contribution >= 0.6 is 0 Å². The quantitative estimate of drug-likeness (QED) is 0.856. The molecule has 1 amide bonds. The lowest BCUT2D eigenvalue weighted by Gasteiger charge is -2.18. The van der Waals surface area contributed by atoms with E-state index in [1.54, 1.807) is 31.2 Å². The van der Waals surface area contributed by atoms with E-state index in [0.717, 1.165) is 0 Å². The summed E-state index contributed by atoms with van der Waals surface area (Å²) in [5.41, 5.74) is 0.240. The summed E-state index contributed by atoms with van der Waals surface area (Å²) in [4.78, 5) is 40.3. The summed E-state index contributed by atoms with van der Waals surface area (Å²) in [6.45, 7) is 1.34. The summed E-state index contributed by atoms with van der Waals surface area (Å²) in [5, 5.41) is 9.18. The summed E-state index contributed by atoms with van der Waals surface area (Å²) < 4.78 is 1.19. The molecule has 2 rings (SSSR count). The van der Waals surface area contributed by atoms with Gasteiger partial charge in [-0.1, -0.05) is 12.1 Å². The number of amides is 1. The van der Waals surface area contributed by atoms with E-state index in [1.165, 1.54) is 15.8 Å². The zero-order valence-electron chi connectivity index (χ0n) is 11.5. The minimum absolute atomic E-state index is 0.224. The van der Waals surface area contributed by atoms with E-state index in [-0.39, 0.29) is 25.2 Å². The Kier molecular flexibility index (Phi) is 4.32. The van der Waals surface area contributed by atoms with Gasteiger partial charge in [0.2, 0.25) is 5.91 Å². The van der Waals surface area contributed by atoms with E-state index >= 15 is 0 Å². The van der Waals surface area contributed by atoms with Crippen molar-refractivity contribution in [1.29, 1.82) is 0 Å². The van der Waals surface area contributed by atoms with Crippen molar-refractivity contribution in [2.24, 2.45) is 0 Å². The molecule has 21 heavy (non-hydrogen) atoms. The fourth-order valence-corrected chi connectivity index (χ4v) is 2.00. The highest BCUT2D eigenvalue weighted by molar-refractivity contribution is 5.82. The molecule has 1 aromatic carbocycles. The maximum Gasteiger partial charge on any atom is 0.323 e. The van der Waals surface area contributed by atoms with Crippen LogP contribution in [0.25, 0.3) is 10.9 Å². The average molecular weight is 289 g/mol. The molecule has 110 valence electrons. The molecule has 0 aliphatic heterocycles. The second-order valence-electron chi connectivity index (χ2n) is 4.50. The van der Waals surface area contributed by atoms with Crippen LogP contribution < -0.4 is 5.56 Å². The van der Waals surface area contributed by atoms with Crippen LogP contribution in [0.3, 0.4) is 0 Å². The van der Waals surface area contributed by atoms with E-state index in [2.05, 4.69) is 4.98 Å². The molecule has 7 heteroatoms. The van der Waals surface area contributed by atoms with Crippen molar-refractivity contribution in [3.8, 4) is 0 Å². The minimum Gasteiger partial charge on any atom is -0.480 e. The Morgan fingerprint density at radius 1 is 1.33 bits per heavy atom. The summed E-state index contributed by atoms with van der Waals surface area (Å²) in [5.74, 6) is -1.52. The maximum atomic E-state index is 12.2. The molecule has 0 atom stereocenters. The summed E-state index contributed by atoms with van der Waals surface area (Å²) in [6, 6.07) is 6.85. The molecule has 0 unspecified atom stereocenters. The molecule has 1 aromatic heterocycles. The molecule has 0 radical (unpaired) electrons. The van der Waals surface area contributed by atoms with Crippen LogP contribution in [0.2, 0.25) is 0 Å². The van der Waals surface area contributed by atoms with Gasteiger partial charge in [0, 0.05) is 6.54 Å². The van der Waals surface area contributed by atoms with Crippen LogP contribution in [-0.2, 0) is 16.1 Å². The summed E-state index contributed by atoms with van der Waals surface area (Å²) in [6.07, 6.45) is 1.30. The first kappa shape index (κ1) is 14.7. The highest BCUT2D eigenvalue weighted by atomic mass is 16.4. The zero-order valence-corrected chi connectivity index (χ0v) is 11.5. The average Bonchev–Trinajstić information content (AvgIpc) is 2.47. The molecule has 0 bridgehead atoms. The normalized spacial score (nSPS) is 10.5. The van der Waals surface area contributed by atoms with Gasteiger partial charge in [0.25, 0.3) is 5.56 Å². The van der Waals surface area contributed by atoms with E-state index < -0.39 is 11.9 Å². The first-order valence-electron chi connectivity index (χ1n) is 6.46. The topological polar surface area (TPSA) is 92.5 Å². The third-order valence-electron chi connectivity index (χ3n) is 3.10. The predicted molar refractivity (Wildman–Crippen MR) is 75.9 cm³/mol. The molecule has 1 heterocycles. The van der Waals surface area contributed by atoms with Crippen LogP contribution in [0.5, 0.6) is 0 Å². The van der Waals surface area contributed by atoms with E-state index in [4.69, 9.17) is 5.11 Å². The number of para-hydroxylation sites is 1. The highest BCUT2D eigenvalue weighted by Crippen LogP contribution is 2.04. The first-order valence-corrected chi connectivity index (χ1v) is 6.46. The molecule has 0 fully saturated rings. The smallest absolute Gasteiger partial charge is 0.323 e. The molecule has 2 aromatic rings. The van der Waals surface area contributed by atoms with Gasteiger partial charge in [-0.25, -0.2) is 4.98 Å². The number of carboxylic acid groups (broad SMARTS) is 1. The molecular formula is C14H15N3O4. The second-order valence-corrected chi connectivity index (χ2v) is 4.50. The van der Waals surface area contributed by atoms with Crippen molar-refractivity contribution in [2.45, 2.75) is 13.5 Å². The number of carbonyl (C=O) groups is 2. The maximum absolute atomic E-state index is 12.2. The number of aromatic nitrogens is 2. The Labute approximate surface area is 120 Å². The lowest BCUT2D eigenvalue weighted by molar-refractivity contribution is -0.144. The Bertz CT molecular complexity index is 738. The standard InChI is InChI=1S/C14H15N3O4/c1-2-16(8-13(19)20)12(18)7-17-9-15-11-6-4-3-5-10(11)14(17)21/h3-6,9H,2,7-8H2,1H3,(H,19,20). The lowest BCUT2D eigenvalue weighted by Crippen LogP contribution is -2.39.